The fourth-order valence-corrected chi connectivity index (χ4v) is 2.02. The first-order valence-corrected chi connectivity index (χ1v) is 7.43. The monoisotopic (exact) mass is 302 g/mol. The molecule has 7 nitrogen and oxygen atoms in total. The molecule has 0 bridgehead atoms. The number of urea groups is 1. The van der Waals surface area contributed by atoms with E-state index in [1.54, 1.807) is 4.90 Å². The Morgan fingerprint density at radius 1 is 1.48 bits per heavy atom. The van der Waals surface area contributed by atoms with Crippen LogP contribution < -0.4 is 5.32 Å². The third-order valence-electron chi connectivity index (χ3n) is 3.02. The number of hydrogen-bond acceptors (Lipinski definition) is 4. The zero-order chi connectivity index (χ0) is 15.7. The van der Waals surface area contributed by atoms with Crippen molar-refractivity contribution in [1.29, 1.82) is 0 Å². The van der Waals surface area contributed by atoms with Gasteiger partial charge in [-0.2, -0.15) is 0 Å². The van der Waals surface area contributed by atoms with Crippen molar-refractivity contribution in [1.82, 2.24) is 10.2 Å². The van der Waals surface area contributed by atoms with Crippen molar-refractivity contribution in [2.45, 2.75) is 32.8 Å². The number of aliphatic carboxylic acids is 1. The molecule has 7 heteroatoms. The summed E-state index contributed by atoms with van der Waals surface area (Å²) < 4.78 is 10.8. The summed E-state index contributed by atoms with van der Waals surface area (Å²) in [5, 5.41) is 11.6. The largest absolute Gasteiger partial charge is 0.481 e. The van der Waals surface area contributed by atoms with Crippen molar-refractivity contribution in [2.24, 2.45) is 5.92 Å². The Balaban J connectivity index is 2.15. The van der Waals surface area contributed by atoms with Gasteiger partial charge in [0.25, 0.3) is 0 Å². The van der Waals surface area contributed by atoms with Crippen molar-refractivity contribution in [3.05, 3.63) is 0 Å². The molecular formula is C14H26N2O5. The van der Waals surface area contributed by atoms with E-state index >= 15 is 0 Å². The number of carbonyl (C=O) groups is 2. The highest BCUT2D eigenvalue weighted by molar-refractivity contribution is 5.74. The molecule has 0 aromatic rings. The van der Waals surface area contributed by atoms with Gasteiger partial charge in [0, 0.05) is 32.8 Å². The number of carboxylic acid groups (broad SMARTS) is 1. The number of ether oxygens (including phenoxy) is 2. The summed E-state index contributed by atoms with van der Waals surface area (Å²) in [5.41, 5.74) is 0. The van der Waals surface area contributed by atoms with Crippen molar-refractivity contribution >= 4 is 12.0 Å². The van der Waals surface area contributed by atoms with Gasteiger partial charge >= 0.3 is 12.0 Å². The van der Waals surface area contributed by atoms with Gasteiger partial charge in [-0.05, 0) is 12.3 Å². The maximum Gasteiger partial charge on any atom is 0.317 e. The second kappa shape index (κ2) is 9.57. The van der Waals surface area contributed by atoms with Crippen molar-refractivity contribution < 1.29 is 24.2 Å². The maximum absolute atomic E-state index is 11.9. The highest BCUT2D eigenvalue weighted by atomic mass is 16.5. The second-order valence-corrected chi connectivity index (χ2v) is 5.59. The normalized spacial score (nSPS) is 18.8. The lowest BCUT2D eigenvalue weighted by Gasteiger charge is -2.32. The van der Waals surface area contributed by atoms with Gasteiger partial charge in [0.15, 0.2) is 0 Å². The lowest BCUT2D eigenvalue weighted by atomic mass is 10.2. The van der Waals surface area contributed by atoms with Gasteiger partial charge in [-0.3, -0.25) is 4.79 Å². The van der Waals surface area contributed by atoms with Crippen molar-refractivity contribution in [2.75, 3.05) is 39.5 Å². The van der Waals surface area contributed by atoms with Crippen molar-refractivity contribution in [3.63, 3.8) is 0 Å². The van der Waals surface area contributed by atoms with Gasteiger partial charge in [0.05, 0.1) is 19.1 Å². The predicted molar refractivity (Wildman–Crippen MR) is 77.2 cm³/mol. The average molecular weight is 302 g/mol. The zero-order valence-electron chi connectivity index (χ0n) is 12.8. The highest BCUT2D eigenvalue weighted by Crippen LogP contribution is 2.08. The molecule has 2 amide bonds. The summed E-state index contributed by atoms with van der Waals surface area (Å²) in [4.78, 5) is 24.2. The number of carboxylic acids is 1. The third-order valence-corrected chi connectivity index (χ3v) is 3.02. The molecule has 1 fully saturated rings. The van der Waals surface area contributed by atoms with Crippen LogP contribution in [-0.4, -0.2) is 67.6 Å². The summed E-state index contributed by atoms with van der Waals surface area (Å²) in [6.45, 7) is 7.29. The zero-order valence-corrected chi connectivity index (χ0v) is 12.8. The van der Waals surface area contributed by atoms with E-state index in [2.05, 4.69) is 19.2 Å². The second-order valence-electron chi connectivity index (χ2n) is 5.59. The van der Waals surface area contributed by atoms with Gasteiger partial charge in [-0.15, -0.1) is 0 Å². The molecule has 0 aromatic carbocycles. The average Bonchev–Trinajstić information content (AvgIpc) is 2.41. The van der Waals surface area contributed by atoms with Crippen LogP contribution in [0.25, 0.3) is 0 Å². The van der Waals surface area contributed by atoms with Gasteiger partial charge in [-0.1, -0.05) is 13.8 Å². The Hall–Kier alpha value is -1.34. The number of nitrogens with zero attached hydrogens (tertiary/aromatic N) is 1. The molecule has 0 saturated carbocycles. The topological polar surface area (TPSA) is 88.1 Å². The molecular weight excluding hydrogens is 276 g/mol. The van der Waals surface area contributed by atoms with E-state index in [1.807, 2.05) is 0 Å². The first-order chi connectivity index (χ1) is 9.99. The van der Waals surface area contributed by atoms with E-state index in [0.717, 1.165) is 13.0 Å². The minimum absolute atomic E-state index is 0.0766. The number of hydrogen-bond donors (Lipinski definition) is 2. The van der Waals surface area contributed by atoms with Crippen molar-refractivity contribution in [3.8, 4) is 0 Å². The SMILES string of the molecule is CC(C)COCCCNC(=O)N1CCOC(CC(=O)O)C1. The van der Waals surface area contributed by atoms with Crippen LogP contribution in [0.4, 0.5) is 4.79 Å². The molecule has 1 aliphatic heterocycles. The van der Waals surface area contributed by atoms with E-state index < -0.39 is 12.1 Å². The minimum atomic E-state index is -0.912. The van der Waals surface area contributed by atoms with E-state index in [0.29, 0.717) is 38.8 Å². The first kappa shape index (κ1) is 17.7. The summed E-state index contributed by atoms with van der Waals surface area (Å²) in [5.74, 6) is -0.399. The summed E-state index contributed by atoms with van der Waals surface area (Å²) >= 11 is 0. The Kier molecular flexibility index (Phi) is 8.07. The van der Waals surface area contributed by atoms with Gasteiger partial charge < -0.3 is 24.8 Å². The number of morpholine rings is 1. The van der Waals surface area contributed by atoms with Crippen LogP contribution in [0.2, 0.25) is 0 Å². The molecule has 21 heavy (non-hydrogen) atoms. The van der Waals surface area contributed by atoms with Gasteiger partial charge in [0.2, 0.25) is 0 Å². The lowest BCUT2D eigenvalue weighted by molar-refractivity contribution is -0.141. The van der Waals surface area contributed by atoms with Crippen LogP contribution in [0.3, 0.4) is 0 Å². The Labute approximate surface area is 125 Å². The molecule has 1 rings (SSSR count). The molecule has 2 N–H and O–H groups in total. The molecule has 122 valence electrons. The van der Waals surface area contributed by atoms with E-state index in [-0.39, 0.29) is 12.5 Å². The Morgan fingerprint density at radius 3 is 2.90 bits per heavy atom. The van der Waals surface area contributed by atoms with Crippen LogP contribution in [0.15, 0.2) is 0 Å². The fraction of sp³-hybridized carbons (Fsp3) is 0.857. The Morgan fingerprint density at radius 2 is 2.24 bits per heavy atom. The quantitative estimate of drug-likeness (QED) is 0.651. The van der Waals surface area contributed by atoms with Crippen LogP contribution in [0, 0.1) is 5.92 Å². The smallest absolute Gasteiger partial charge is 0.317 e. The van der Waals surface area contributed by atoms with Crippen LogP contribution in [-0.2, 0) is 14.3 Å². The number of nitrogens with one attached hydrogen (secondary N) is 1. The standard InChI is InChI=1S/C14H26N2O5/c1-11(2)10-20-6-3-4-15-14(19)16-5-7-21-12(9-16)8-13(17)18/h11-12H,3-10H2,1-2H3,(H,15,19)(H,17,18). The molecule has 0 aliphatic carbocycles. The summed E-state index contributed by atoms with van der Waals surface area (Å²) in [6, 6.07) is -0.169. The molecule has 0 spiro atoms. The fourth-order valence-electron chi connectivity index (χ4n) is 2.02. The summed E-state index contributed by atoms with van der Waals surface area (Å²) in [7, 11) is 0. The maximum atomic E-state index is 11.9. The molecule has 0 radical (unpaired) electrons. The molecule has 1 aliphatic rings. The molecule has 1 atom stereocenters. The van der Waals surface area contributed by atoms with Crippen LogP contribution in [0.5, 0.6) is 0 Å². The third kappa shape index (κ3) is 7.87. The molecule has 1 heterocycles. The first-order valence-electron chi connectivity index (χ1n) is 7.43. The highest BCUT2D eigenvalue weighted by Gasteiger charge is 2.25. The minimum Gasteiger partial charge on any atom is -0.481 e. The number of carbonyl (C=O) groups excluding carboxylic acids is 1. The number of rotatable bonds is 8. The van der Waals surface area contributed by atoms with Crippen LogP contribution in [0.1, 0.15) is 26.7 Å². The van der Waals surface area contributed by atoms with Gasteiger partial charge in [0.1, 0.15) is 0 Å². The van der Waals surface area contributed by atoms with E-state index in [1.165, 1.54) is 0 Å². The van der Waals surface area contributed by atoms with E-state index in [4.69, 9.17) is 14.6 Å². The summed E-state index contributed by atoms with van der Waals surface area (Å²) in [6.07, 6.45) is 0.269. The predicted octanol–water partition coefficient (Wildman–Crippen LogP) is 0.934. The van der Waals surface area contributed by atoms with E-state index in [9.17, 15) is 9.59 Å². The molecule has 1 unspecified atom stereocenters. The van der Waals surface area contributed by atoms with Gasteiger partial charge in [-0.25, -0.2) is 4.79 Å². The lowest BCUT2D eigenvalue weighted by Crippen LogP contribution is -2.50. The van der Waals surface area contributed by atoms with Crippen LogP contribution >= 0.6 is 0 Å². The Bertz CT molecular complexity index is 335. The molecule has 0 aromatic heterocycles. The molecule has 1 saturated heterocycles. The number of amides is 2.